The van der Waals surface area contributed by atoms with Gasteiger partial charge in [0.25, 0.3) is 0 Å². The Morgan fingerprint density at radius 1 is 1.06 bits per heavy atom. The number of anilines is 1. The summed E-state index contributed by atoms with van der Waals surface area (Å²) in [7, 11) is 6.89. The van der Waals surface area contributed by atoms with Gasteiger partial charge >= 0.3 is 6.09 Å². The number of hydrogen-bond donors (Lipinski definition) is 2. The van der Waals surface area contributed by atoms with Crippen LogP contribution in [0.15, 0.2) is 42.7 Å². The van der Waals surface area contributed by atoms with Crippen molar-refractivity contribution in [2.24, 2.45) is 0 Å². The maximum absolute atomic E-state index is 12.6. The summed E-state index contributed by atoms with van der Waals surface area (Å²) < 4.78 is 16.4. The molecule has 0 atom stereocenters. The number of aromatic nitrogens is 3. The standard InChI is InChI=1S/C24H23Cl2N5O4/c1-31(2)12-13-11-28-23(29-13)30-24(32)35-16-8-7-14(15-6-5-9-27-22(15)16)19-20(25)17(33-3)10-18(34-4)21(19)26/h5-11H,12H2,1-4H3,(H2,28,29,30,32). The van der Waals surface area contributed by atoms with E-state index in [0.717, 1.165) is 5.69 Å². The van der Waals surface area contributed by atoms with Gasteiger partial charge in [-0.25, -0.2) is 9.78 Å². The lowest BCUT2D eigenvalue weighted by Gasteiger charge is -2.17. The molecule has 0 unspecified atom stereocenters. The second-order valence-electron chi connectivity index (χ2n) is 7.80. The Bertz CT molecular complexity index is 1360. The van der Waals surface area contributed by atoms with Gasteiger partial charge < -0.3 is 24.1 Å². The molecular formula is C24H23Cl2N5O4. The highest BCUT2D eigenvalue weighted by atomic mass is 35.5. The van der Waals surface area contributed by atoms with Gasteiger partial charge in [-0.05, 0) is 37.9 Å². The third-order valence-electron chi connectivity index (χ3n) is 5.11. The van der Waals surface area contributed by atoms with Crippen molar-refractivity contribution in [3.05, 3.63) is 58.5 Å². The largest absolute Gasteiger partial charge is 0.495 e. The van der Waals surface area contributed by atoms with E-state index in [2.05, 4.69) is 20.3 Å². The number of benzene rings is 2. The number of H-pyrrole nitrogens is 1. The number of nitrogens with one attached hydrogen (secondary N) is 2. The summed E-state index contributed by atoms with van der Waals surface area (Å²) in [4.78, 5) is 26.2. The van der Waals surface area contributed by atoms with Gasteiger partial charge in [-0.2, -0.15) is 0 Å². The Labute approximate surface area is 211 Å². The van der Waals surface area contributed by atoms with E-state index in [-0.39, 0.29) is 11.7 Å². The molecule has 2 heterocycles. The van der Waals surface area contributed by atoms with E-state index in [0.29, 0.717) is 50.1 Å². The van der Waals surface area contributed by atoms with E-state index in [4.69, 9.17) is 37.4 Å². The van der Waals surface area contributed by atoms with E-state index < -0.39 is 6.09 Å². The highest BCUT2D eigenvalue weighted by Gasteiger charge is 2.22. The summed E-state index contributed by atoms with van der Waals surface area (Å²) in [5, 5.41) is 3.90. The summed E-state index contributed by atoms with van der Waals surface area (Å²) in [6.45, 7) is 0.653. The lowest BCUT2D eigenvalue weighted by Crippen LogP contribution is -2.18. The SMILES string of the molecule is COc1cc(OC)c(Cl)c(-c2ccc(OC(=O)Nc3ncc(CN(C)C)[nH]3)c3ncccc23)c1Cl. The van der Waals surface area contributed by atoms with Crippen LogP contribution in [-0.2, 0) is 6.54 Å². The Morgan fingerprint density at radius 2 is 1.77 bits per heavy atom. The number of carbonyl (C=O) groups is 1. The number of amides is 1. The lowest BCUT2D eigenvalue weighted by atomic mass is 9.99. The van der Waals surface area contributed by atoms with Crippen LogP contribution < -0.4 is 19.5 Å². The second-order valence-corrected chi connectivity index (χ2v) is 8.56. The summed E-state index contributed by atoms with van der Waals surface area (Å²) in [5.41, 5.74) is 2.49. The van der Waals surface area contributed by atoms with Crippen molar-refractivity contribution < 1.29 is 19.0 Å². The number of rotatable bonds is 7. The molecule has 2 N–H and O–H groups in total. The Balaban J connectivity index is 1.69. The summed E-state index contributed by atoms with van der Waals surface area (Å²) in [6.07, 6.45) is 2.54. The molecule has 0 fully saturated rings. The molecule has 35 heavy (non-hydrogen) atoms. The third kappa shape index (κ3) is 5.12. The van der Waals surface area contributed by atoms with E-state index in [9.17, 15) is 4.79 Å². The molecule has 0 bridgehead atoms. The topological polar surface area (TPSA) is 102 Å². The van der Waals surface area contributed by atoms with Crippen LogP contribution in [0.25, 0.3) is 22.0 Å². The highest BCUT2D eigenvalue weighted by molar-refractivity contribution is 6.41. The number of nitrogens with zero attached hydrogens (tertiary/aromatic N) is 3. The number of aromatic amines is 1. The van der Waals surface area contributed by atoms with Crippen molar-refractivity contribution in [3.8, 4) is 28.4 Å². The zero-order valence-corrected chi connectivity index (χ0v) is 21.0. The molecular weight excluding hydrogens is 493 g/mol. The van der Waals surface area contributed by atoms with Gasteiger partial charge in [0, 0.05) is 29.8 Å². The van der Waals surface area contributed by atoms with Gasteiger partial charge in [-0.15, -0.1) is 0 Å². The molecule has 0 radical (unpaired) electrons. The van der Waals surface area contributed by atoms with Crippen molar-refractivity contribution in [2.45, 2.75) is 6.54 Å². The van der Waals surface area contributed by atoms with E-state index in [1.807, 2.05) is 25.1 Å². The van der Waals surface area contributed by atoms with Crippen molar-refractivity contribution >= 4 is 46.1 Å². The van der Waals surface area contributed by atoms with Crippen molar-refractivity contribution in [2.75, 3.05) is 33.6 Å². The van der Waals surface area contributed by atoms with Gasteiger partial charge in [-0.1, -0.05) is 29.3 Å². The fraction of sp³-hybridized carbons (Fsp3) is 0.208. The fourth-order valence-corrected chi connectivity index (χ4v) is 4.34. The number of ether oxygens (including phenoxy) is 3. The van der Waals surface area contributed by atoms with Gasteiger partial charge in [0.05, 0.1) is 36.2 Å². The maximum atomic E-state index is 12.6. The number of imidazole rings is 1. The number of methoxy groups -OCH3 is 2. The average molecular weight is 516 g/mol. The molecule has 0 aliphatic carbocycles. The van der Waals surface area contributed by atoms with E-state index in [1.165, 1.54) is 14.2 Å². The Morgan fingerprint density at radius 3 is 2.43 bits per heavy atom. The summed E-state index contributed by atoms with van der Waals surface area (Å²) in [6, 6.07) is 8.60. The number of pyridine rings is 1. The molecule has 182 valence electrons. The van der Waals surface area contributed by atoms with Crippen LogP contribution in [0.2, 0.25) is 10.0 Å². The van der Waals surface area contributed by atoms with Crippen LogP contribution in [0.1, 0.15) is 5.69 Å². The molecule has 4 aromatic rings. The molecule has 0 spiro atoms. The van der Waals surface area contributed by atoms with Crippen LogP contribution in [0.4, 0.5) is 10.7 Å². The van der Waals surface area contributed by atoms with Crippen molar-refractivity contribution in [1.82, 2.24) is 19.9 Å². The van der Waals surface area contributed by atoms with Gasteiger partial charge in [0.2, 0.25) is 5.95 Å². The summed E-state index contributed by atoms with van der Waals surface area (Å²) >= 11 is 13.3. The lowest BCUT2D eigenvalue weighted by molar-refractivity contribution is 0.215. The van der Waals surface area contributed by atoms with Crippen LogP contribution in [0.5, 0.6) is 17.2 Å². The normalized spacial score (nSPS) is 11.1. The first-order valence-electron chi connectivity index (χ1n) is 10.5. The van der Waals surface area contributed by atoms with E-state index >= 15 is 0 Å². The average Bonchev–Trinajstić information content (AvgIpc) is 3.26. The number of hydrogen-bond acceptors (Lipinski definition) is 7. The second kappa shape index (κ2) is 10.4. The van der Waals surface area contributed by atoms with Crippen LogP contribution in [0, 0.1) is 0 Å². The van der Waals surface area contributed by atoms with E-state index in [1.54, 1.807) is 36.7 Å². The van der Waals surface area contributed by atoms with Crippen molar-refractivity contribution in [3.63, 3.8) is 0 Å². The highest BCUT2D eigenvalue weighted by Crippen LogP contribution is 2.48. The first-order valence-corrected chi connectivity index (χ1v) is 11.2. The van der Waals surface area contributed by atoms with Gasteiger partial charge in [0.15, 0.2) is 5.75 Å². The molecule has 0 aliphatic rings. The van der Waals surface area contributed by atoms with Crippen LogP contribution >= 0.6 is 23.2 Å². The Hall–Kier alpha value is -3.53. The number of fused-ring (bicyclic) bond motifs is 1. The number of halogens is 2. The number of carbonyl (C=O) groups excluding carboxylic acids is 1. The van der Waals surface area contributed by atoms with Crippen molar-refractivity contribution in [1.29, 1.82) is 0 Å². The minimum Gasteiger partial charge on any atom is -0.495 e. The Kier molecular flexibility index (Phi) is 7.30. The molecule has 2 aromatic carbocycles. The first-order chi connectivity index (χ1) is 16.8. The fourth-order valence-electron chi connectivity index (χ4n) is 3.63. The maximum Gasteiger partial charge on any atom is 0.419 e. The molecule has 0 saturated heterocycles. The molecule has 1 amide bonds. The molecule has 9 nitrogen and oxygen atoms in total. The zero-order chi connectivity index (χ0) is 25.1. The smallest absolute Gasteiger partial charge is 0.419 e. The quantitative estimate of drug-likeness (QED) is 0.329. The predicted octanol–water partition coefficient (Wildman–Crippen LogP) is 5.62. The minimum atomic E-state index is -0.713. The van der Waals surface area contributed by atoms with Crippen LogP contribution in [0.3, 0.4) is 0 Å². The third-order valence-corrected chi connectivity index (χ3v) is 5.86. The molecule has 0 aliphatic heterocycles. The molecule has 2 aromatic heterocycles. The monoisotopic (exact) mass is 515 g/mol. The molecule has 0 saturated carbocycles. The predicted molar refractivity (Wildman–Crippen MR) is 136 cm³/mol. The van der Waals surface area contributed by atoms with Crippen LogP contribution in [-0.4, -0.2) is 54.3 Å². The first kappa shape index (κ1) is 24.6. The molecule has 4 rings (SSSR count). The minimum absolute atomic E-state index is 0.254. The molecule has 11 heteroatoms. The van der Waals surface area contributed by atoms with Gasteiger partial charge in [0.1, 0.15) is 17.0 Å². The summed E-state index contributed by atoms with van der Waals surface area (Å²) in [5.74, 6) is 1.35. The van der Waals surface area contributed by atoms with Gasteiger partial charge in [-0.3, -0.25) is 10.3 Å². The zero-order valence-electron chi connectivity index (χ0n) is 19.5.